The first kappa shape index (κ1) is 11.9. The van der Waals surface area contributed by atoms with Crippen molar-refractivity contribution in [3.05, 3.63) is 0 Å². The molecule has 3 rings (SSSR count). The Hall–Kier alpha value is -1.12. The van der Waals surface area contributed by atoms with E-state index in [9.17, 15) is 4.79 Å². The standard InChI is InChI=1S/C13H19N3O2/c14-8-11-9-15(6-7-18-11)13(17)12-2-1-5-16(12)10-3-4-10/h10-12H,1-7,9H2/t11-,12-/m0/s1. The van der Waals surface area contributed by atoms with Gasteiger partial charge in [-0.3, -0.25) is 9.69 Å². The van der Waals surface area contributed by atoms with E-state index in [1.807, 2.05) is 4.90 Å². The normalized spacial score (nSPS) is 33.4. The van der Waals surface area contributed by atoms with Gasteiger partial charge in [0.15, 0.2) is 6.10 Å². The van der Waals surface area contributed by atoms with Crippen molar-refractivity contribution >= 4 is 5.91 Å². The fourth-order valence-electron chi connectivity index (χ4n) is 3.04. The molecule has 98 valence electrons. The van der Waals surface area contributed by atoms with Crippen LogP contribution in [0.4, 0.5) is 0 Å². The van der Waals surface area contributed by atoms with Crippen LogP contribution in [0.1, 0.15) is 25.7 Å². The molecule has 0 N–H and O–H groups in total. The second-order valence-electron chi connectivity index (χ2n) is 5.40. The van der Waals surface area contributed by atoms with Gasteiger partial charge < -0.3 is 9.64 Å². The van der Waals surface area contributed by atoms with Gasteiger partial charge in [0, 0.05) is 12.6 Å². The van der Waals surface area contributed by atoms with Crippen LogP contribution in [0.3, 0.4) is 0 Å². The quantitative estimate of drug-likeness (QED) is 0.709. The molecule has 0 unspecified atom stereocenters. The van der Waals surface area contributed by atoms with Crippen molar-refractivity contribution in [2.75, 3.05) is 26.2 Å². The van der Waals surface area contributed by atoms with E-state index >= 15 is 0 Å². The first-order chi connectivity index (χ1) is 8.79. The summed E-state index contributed by atoms with van der Waals surface area (Å²) < 4.78 is 5.29. The molecule has 2 saturated heterocycles. The number of carbonyl (C=O) groups is 1. The fraction of sp³-hybridized carbons (Fsp3) is 0.846. The summed E-state index contributed by atoms with van der Waals surface area (Å²) >= 11 is 0. The smallest absolute Gasteiger partial charge is 0.240 e. The molecular weight excluding hydrogens is 230 g/mol. The van der Waals surface area contributed by atoms with Crippen LogP contribution in [-0.4, -0.2) is 60.1 Å². The van der Waals surface area contributed by atoms with Crippen molar-refractivity contribution in [1.29, 1.82) is 5.26 Å². The molecule has 5 heteroatoms. The Balaban J connectivity index is 1.64. The van der Waals surface area contributed by atoms with E-state index in [1.165, 1.54) is 12.8 Å². The van der Waals surface area contributed by atoms with Gasteiger partial charge in [-0.25, -0.2) is 0 Å². The zero-order valence-corrected chi connectivity index (χ0v) is 10.5. The Bertz CT molecular complexity index is 375. The monoisotopic (exact) mass is 249 g/mol. The topological polar surface area (TPSA) is 56.6 Å². The SMILES string of the molecule is N#C[C@H]1CN(C(=O)[C@@H]2CCCN2C2CC2)CCO1. The largest absolute Gasteiger partial charge is 0.360 e. The molecule has 0 bridgehead atoms. The van der Waals surface area contributed by atoms with Gasteiger partial charge in [-0.05, 0) is 32.2 Å². The summed E-state index contributed by atoms with van der Waals surface area (Å²) in [6.45, 7) is 2.61. The number of rotatable bonds is 2. The van der Waals surface area contributed by atoms with Gasteiger partial charge >= 0.3 is 0 Å². The summed E-state index contributed by atoms with van der Waals surface area (Å²) in [5.74, 6) is 0.211. The van der Waals surface area contributed by atoms with Crippen LogP contribution in [0.15, 0.2) is 0 Å². The van der Waals surface area contributed by atoms with Crippen molar-refractivity contribution < 1.29 is 9.53 Å². The molecule has 3 aliphatic rings. The summed E-state index contributed by atoms with van der Waals surface area (Å²) in [6, 6.07) is 2.81. The van der Waals surface area contributed by atoms with Crippen LogP contribution in [0, 0.1) is 11.3 Å². The van der Waals surface area contributed by atoms with Gasteiger partial charge in [-0.2, -0.15) is 5.26 Å². The fourth-order valence-corrected chi connectivity index (χ4v) is 3.04. The lowest BCUT2D eigenvalue weighted by molar-refractivity contribution is -0.142. The third-order valence-corrected chi connectivity index (χ3v) is 4.12. The molecular formula is C13H19N3O2. The Labute approximate surface area is 107 Å². The van der Waals surface area contributed by atoms with E-state index in [0.29, 0.717) is 25.7 Å². The van der Waals surface area contributed by atoms with E-state index < -0.39 is 6.10 Å². The van der Waals surface area contributed by atoms with Crippen molar-refractivity contribution in [3.8, 4) is 6.07 Å². The highest BCUT2D eigenvalue weighted by Crippen LogP contribution is 2.34. The number of hydrogen-bond acceptors (Lipinski definition) is 4. The molecule has 1 aliphatic carbocycles. The van der Waals surface area contributed by atoms with Gasteiger partial charge in [0.2, 0.25) is 5.91 Å². The molecule has 18 heavy (non-hydrogen) atoms. The minimum Gasteiger partial charge on any atom is -0.360 e. The molecule has 1 saturated carbocycles. The number of hydrogen-bond donors (Lipinski definition) is 0. The van der Waals surface area contributed by atoms with Gasteiger partial charge in [-0.1, -0.05) is 0 Å². The summed E-state index contributed by atoms with van der Waals surface area (Å²) in [5, 5.41) is 8.88. The molecule has 0 aromatic rings. The summed E-state index contributed by atoms with van der Waals surface area (Å²) in [6.07, 6.45) is 4.14. The summed E-state index contributed by atoms with van der Waals surface area (Å²) in [4.78, 5) is 16.7. The zero-order chi connectivity index (χ0) is 12.5. The summed E-state index contributed by atoms with van der Waals surface area (Å²) in [7, 11) is 0. The predicted octanol–water partition coefficient (Wildman–Crippen LogP) is 0.364. The Morgan fingerprint density at radius 3 is 2.83 bits per heavy atom. The van der Waals surface area contributed by atoms with Crippen molar-refractivity contribution in [3.63, 3.8) is 0 Å². The van der Waals surface area contributed by atoms with Crippen LogP contribution in [0.2, 0.25) is 0 Å². The van der Waals surface area contributed by atoms with E-state index in [4.69, 9.17) is 10.00 Å². The second-order valence-corrected chi connectivity index (χ2v) is 5.40. The maximum Gasteiger partial charge on any atom is 0.240 e. The lowest BCUT2D eigenvalue weighted by Crippen LogP contribution is -2.52. The molecule has 1 amide bonds. The molecule has 0 aromatic carbocycles. The van der Waals surface area contributed by atoms with Crippen LogP contribution in [0.5, 0.6) is 0 Å². The molecule has 0 aromatic heterocycles. The van der Waals surface area contributed by atoms with E-state index in [2.05, 4.69) is 11.0 Å². The zero-order valence-electron chi connectivity index (χ0n) is 10.5. The third kappa shape index (κ3) is 2.23. The van der Waals surface area contributed by atoms with E-state index in [1.54, 1.807) is 0 Å². The average Bonchev–Trinajstić information content (AvgIpc) is 3.15. The Morgan fingerprint density at radius 2 is 2.11 bits per heavy atom. The van der Waals surface area contributed by atoms with Crippen molar-refractivity contribution in [2.24, 2.45) is 0 Å². The summed E-state index contributed by atoms with van der Waals surface area (Å²) in [5.41, 5.74) is 0. The minimum absolute atomic E-state index is 0.0648. The maximum atomic E-state index is 12.5. The number of nitrogens with zero attached hydrogens (tertiary/aromatic N) is 3. The molecule has 2 aliphatic heterocycles. The second kappa shape index (κ2) is 4.87. The van der Waals surface area contributed by atoms with Gasteiger partial charge in [0.05, 0.1) is 25.3 Å². The predicted molar refractivity (Wildman–Crippen MR) is 64.7 cm³/mol. The van der Waals surface area contributed by atoms with Crippen molar-refractivity contribution in [1.82, 2.24) is 9.80 Å². The number of ether oxygens (including phenoxy) is 1. The minimum atomic E-state index is -0.446. The number of morpholine rings is 1. The first-order valence-corrected chi connectivity index (χ1v) is 6.85. The molecule has 2 atom stereocenters. The highest BCUT2D eigenvalue weighted by atomic mass is 16.5. The first-order valence-electron chi connectivity index (χ1n) is 6.85. The lowest BCUT2D eigenvalue weighted by atomic mass is 10.1. The number of carbonyl (C=O) groups excluding carboxylic acids is 1. The third-order valence-electron chi connectivity index (χ3n) is 4.12. The highest BCUT2D eigenvalue weighted by Gasteiger charge is 2.42. The van der Waals surface area contributed by atoms with Crippen LogP contribution < -0.4 is 0 Å². The Kier molecular flexibility index (Phi) is 3.23. The number of nitriles is 1. The molecule has 5 nitrogen and oxygen atoms in total. The lowest BCUT2D eigenvalue weighted by Gasteiger charge is -2.34. The number of amides is 1. The molecule has 3 fully saturated rings. The van der Waals surface area contributed by atoms with E-state index in [-0.39, 0.29) is 11.9 Å². The van der Waals surface area contributed by atoms with Crippen LogP contribution in [-0.2, 0) is 9.53 Å². The Morgan fingerprint density at radius 1 is 1.28 bits per heavy atom. The molecule has 0 radical (unpaired) electrons. The van der Waals surface area contributed by atoms with Crippen molar-refractivity contribution in [2.45, 2.75) is 43.9 Å². The average molecular weight is 249 g/mol. The molecule has 0 spiro atoms. The van der Waals surface area contributed by atoms with Gasteiger partial charge in [-0.15, -0.1) is 0 Å². The van der Waals surface area contributed by atoms with E-state index in [0.717, 1.165) is 19.4 Å². The molecule has 2 heterocycles. The van der Waals surface area contributed by atoms with Gasteiger partial charge in [0.25, 0.3) is 0 Å². The number of likely N-dealkylation sites (tertiary alicyclic amines) is 1. The van der Waals surface area contributed by atoms with Gasteiger partial charge in [0.1, 0.15) is 0 Å². The van der Waals surface area contributed by atoms with Crippen LogP contribution in [0.25, 0.3) is 0 Å². The maximum absolute atomic E-state index is 12.5. The van der Waals surface area contributed by atoms with Crippen LogP contribution >= 0.6 is 0 Å². The highest BCUT2D eigenvalue weighted by molar-refractivity contribution is 5.82.